The summed E-state index contributed by atoms with van der Waals surface area (Å²) in [5.74, 6) is 0.948. The number of allylic oxidation sites excluding steroid dienone is 2. The van der Waals surface area contributed by atoms with E-state index < -0.39 is 0 Å². The van der Waals surface area contributed by atoms with E-state index in [0.717, 1.165) is 40.9 Å². The van der Waals surface area contributed by atoms with Gasteiger partial charge in [0.25, 0.3) is 0 Å². The molecule has 2 nitrogen and oxygen atoms in total. The van der Waals surface area contributed by atoms with Crippen LogP contribution in [0.15, 0.2) is 59.7 Å². The maximum atomic E-state index is 12.5. The van der Waals surface area contributed by atoms with E-state index in [1.165, 1.54) is 0 Å². The lowest BCUT2D eigenvalue weighted by atomic mass is 10.1. The minimum atomic E-state index is 0.135. The van der Waals surface area contributed by atoms with Crippen LogP contribution >= 0.6 is 11.6 Å². The van der Waals surface area contributed by atoms with Gasteiger partial charge in [-0.1, -0.05) is 35.9 Å². The summed E-state index contributed by atoms with van der Waals surface area (Å²) in [7, 11) is 1.64. The van der Waals surface area contributed by atoms with Crippen molar-refractivity contribution in [3.63, 3.8) is 0 Å². The van der Waals surface area contributed by atoms with Crippen LogP contribution in [0.1, 0.15) is 24.0 Å². The van der Waals surface area contributed by atoms with Crippen LogP contribution in [0.2, 0.25) is 5.02 Å². The predicted octanol–water partition coefficient (Wildman–Crippen LogP) is 5.18. The molecule has 0 aliphatic heterocycles. The number of halogens is 1. The van der Waals surface area contributed by atoms with Crippen molar-refractivity contribution in [1.29, 1.82) is 0 Å². The molecule has 3 heteroatoms. The van der Waals surface area contributed by atoms with Crippen molar-refractivity contribution < 1.29 is 9.53 Å². The normalized spacial score (nSPS) is 17.9. The Morgan fingerprint density at radius 2 is 1.35 bits per heavy atom. The fourth-order valence-corrected chi connectivity index (χ4v) is 2.77. The molecular formula is C20H17ClO2. The molecule has 0 atom stereocenters. The summed E-state index contributed by atoms with van der Waals surface area (Å²) < 4.78 is 5.15. The van der Waals surface area contributed by atoms with E-state index in [-0.39, 0.29) is 5.78 Å². The second-order valence-corrected chi connectivity index (χ2v) is 5.93. The number of Topliss-reactive ketones (excluding diaryl/α,β-unsaturated/α-hetero) is 1. The van der Waals surface area contributed by atoms with Gasteiger partial charge in [0, 0.05) is 16.2 Å². The Labute approximate surface area is 141 Å². The summed E-state index contributed by atoms with van der Waals surface area (Å²) in [6.45, 7) is 0. The van der Waals surface area contributed by atoms with E-state index in [1.54, 1.807) is 7.11 Å². The zero-order valence-corrected chi connectivity index (χ0v) is 13.6. The molecule has 0 amide bonds. The molecule has 0 spiro atoms. The summed E-state index contributed by atoms with van der Waals surface area (Å²) in [5, 5.41) is 0.699. The number of hydrogen-bond donors (Lipinski definition) is 0. The highest BCUT2D eigenvalue weighted by molar-refractivity contribution is 6.30. The number of ketones is 1. The van der Waals surface area contributed by atoms with Gasteiger partial charge < -0.3 is 4.74 Å². The first-order valence-electron chi connectivity index (χ1n) is 7.51. The zero-order valence-electron chi connectivity index (χ0n) is 12.9. The first-order chi connectivity index (χ1) is 11.2. The highest BCUT2D eigenvalue weighted by Crippen LogP contribution is 2.30. The SMILES string of the molecule is COc1ccc(/C=C2/CC/C(=C\c3ccc(Cl)cc3)C2=O)cc1. The molecule has 0 heterocycles. The van der Waals surface area contributed by atoms with Crippen LogP contribution in [0.4, 0.5) is 0 Å². The standard InChI is InChI=1S/C20H17ClO2/c1-23-19-10-4-15(5-11-19)13-17-7-6-16(20(17)22)12-14-2-8-18(21)9-3-14/h2-5,8-13H,6-7H2,1H3/b16-12+,17-13-. The Bertz CT molecular complexity index is 768. The van der Waals surface area contributed by atoms with Crippen LogP contribution in [0.5, 0.6) is 5.75 Å². The van der Waals surface area contributed by atoms with Gasteiger partial charge in [0.15, 0.2) is 5.78 Å². The van der Waals surface area contributed by atoms with Gasteiger partial charge in [-0.15, -0.1) is 0 Å². The molecule has 2 aromatic rings. The van der Waals surface area contributed by atoms with Gasteiger partial charge >= 0.3 is 0 Å². The maximum Gasteiger partial charge on any atom is 0.185 e. The number of hydrogen-bond acceptors (Lipinski definition) is 2. The molecule has 1 fully saturated rings. The Balaban J connectivity index is 1.80. The number of rotatable bonds is 3. The summed E-state index contributed by atoms with van der Waals surface area (Å²) >= 11 is 5.89. The fraction of sp³-hybridized carbons (Fsp3) is 0.150. The quantitative estimate of drug-likeness (QED) is 0.727. The van der Waals surface area contributed by atoms with Crippen molar-refractivity contribution >= 4 is 29.5 Å². The molecule has 0 aromatic heterocycles. The molecule has 1 saturated carbocycles. The van der Waals surface area contributed by atoms with E-state index in [1.807, 2.05) is 60.7 Å². The van der Waals surface area contributed by atoms with Crippen molar-refractivity contribution in [3.8, 4) is 5.75 Å². The minimum Gasteiger partial charge on any atom is -0.497 e. The number of benzene rings is 2. The van der Waals surface area contributed by atoms with Gasteiger partial charge in [0.2, 0.25) is 0 Å². The van der Waals surface area contributed by atoms with Crippen LogP contribution in [-0.2, 0) is 4.79 Å². The second kappa shape index (κ2) is 6.84. The number of carbonyl (C=O) groups excluding carboxylic acids is 1. The highest BCUT2D eigenvalue weighted by Gasteiger charge is 2.22. The Morgan fingerprint density at radius 3 is 1.83 bits per heavy atom. The van der Waals surface area contributed by atoms with Crippen molar-refractivity contribution in [2.45, 2.75) is 12.8 Å². The molecule has 2 aromatic carbocycles. The van der Waals surface area contributed by atoms with E-state index >= 15 is 0 Å². The molecule has 0 N–H and O–H groups in total. The lowest BCUT2D eigenvalue weighted by Crippen LogP contribution is -1.95. The topological polar surface area (TPSA) is 26.3 Å². The molecule has 116 valence electrons. The van der Waals surface area contributed by atoms with Gasteiger partial charge in [0.05, 0.1) is 7.11 Å². The molecule has 23 heavy (non-hydrogen) atoms. The van der Waals surface area contributed by atoms with E-state index in [4.69, 9.17) is 16.3 Å². The third-order valence-corrected chi connectivity index (χ3v) is 4.17. The van der Waals surface area contributed by atoms with Crippen molar-refractivity contribution in [2.24, 2.45) is 0 Å². The van der Waals surface area contributed by atoms with Crippen molar-refractivity contribution in [2.75, 3.05) is 7.11 Å². The molecule has 3 rings (SSSR count). The summed E-state index contributed by atoms with van der Waals surface area (Å²) in [4.78, 5) is 12.5. The lowest BCUT2D eigenvalue weighted by molar-refractivity contribution is -0.111. The van der Waals surface area contributed by atoms with Crippen molar-refractivity contribution in [1.82, 2.24) is 0 Å². The van der Waals surface area contributed by atoms with Gasteiger partial charge in [-0.05, 0) is 60.4 Å². The Kier molecular flexibility index (Phi) is 4.63. The molecular weight excluding hydrogens is 308 g/mol. The Hall–Kier alpha value is -2.32. The number of ether oxygens (including phenoxy) is 1. The lowest BCUT2D eigenvalue weighted by Gasteiger charge is -2.00. The molecule has 0 saturated heterocycles. The van der Waals surface area contributed by atoms with Gasteiger partial charge in [-0.2, -0.15) is 0 Å². The second-order valence-electron chi connectivity index (χ2n) is 5.49. The minimum absolute atomic E-state index is 0.135. The van der Waals surface area contributed by atoms with Crippen LogP contribution in [0.25, 0.3) is 12.2 Å². The van der Waals surface area contributed by atoms with E-state index in [0.29, 0.717) is 5.02 Å². The first kappa shape index (κ1) is 15.6. The number of carbonyl (C=O) groups is 1. The Morgan fingerprint density at radius 1 is 0.870 bits per heavy atom. The smallest absolute Gasteiger partial charge is 0.185 e. The van der Waals surface area contributed by atoms with E-state index in [2.05, 4.69) is 0 Å². The van der Waals surface area contributed by atoms with Crippen molar-refractivity contribution in [3.05, 3.63) is 75.8 Å². The van der Waals surface area contributed by atoms with Crippen LogP contribution in [0, 0.1) is 0 Å². The molecule has 1 aliphatic rings. The highest BCUT2D eigenvalue weighted by atomic mass is 35.5. The molecule has 0 radical (unpaired) electrons. The monoisotopic (exact) mass is 324 g/mol. The molecule has 0 bridgehead atoms. The predicted molar refractivity (Wildman–Crippen MR) is 94.6 cm³/mol. The largest absolute Gasteiger partial charge is 0.497 e. The van der Waals surface area contributed by atoms with Gasteiger partial charge in [0.1, 0.15) is 5.75 Å². The van der Waals surface area contributed by atoms with Crippen LogP contribution in [-0.4, -0.2) is 12.9 Å². The maximum absolute atomic E-state index is 12.5. The third kappa shape index (κ3) is 3.72. The average Bonchev–Trinajstić information content (AvgIpc) is 2.91. The average molecular weight is 325 g/mol. The summed E-state index contributed by atoms with van der Waals surface area (Å²) in [5.41, 5.74) is 3.73. The third-order valence-electron chi connectivity index (χ3n) is 3.91. The molecule has 0 unspecified atom stereocenters. The number of methoxy groups -OCH3 is 1. The van der Waals surface area contributed by atoms with Crippen LogP contribution in [0.3, 0.4) is 0 Å². The zero-order chi connectivity index (χ0) is 16.2. The van der Waals surface area contributed by atoms with Gasteiger partial charge in [-0.25, -0.2) is 0 Å². The summed E-state index contributed by atoms with van der Waals surface area (Å²) in [6.07, 6.45) is 5.48. The molecule has 1 aliphatic carbocycles. The van der Waals surface area contributed by atoms with Gasteiger partial charge in [-0.3, -0.25) is 4.79 Å². The first-order valence-corrected chi connectivity index (χ1v) is 7.89. The van der Waals surface area contributed by atoms with Crippen LogP contribution < -0.4 is 4.74 Å². The van der Waals surface area contributed by atoms with E-state index in [9.17, 15) is 4.79 Å². The fourth-order valence-electron chi connectivity index (χ4n) is 2.64. The summed E-state index contributed by atoms with van der Waals surface area (Å²) in [6, 6.07) is 15.2.